The molecule has 108 valence electrons. The van der Waals surface area contributed by atoms with Gasteiger partial charge < -0.3 is 11.1 Å². The maximum atomic E-state index is 12.4. The third kappa shape index (κ3) is 2.85. The molecule has 1 aliphatic carbocycles. The molecule has 1 atom stereocenters. The van der Waals surface area contributed by atoms with Crippen molar-refractivity contribution in [3.8, 4) is 0 Å². The van der Waals surface area contributed by atoms with Gasteiger partial charge in [0.1, 0.15) is 5.82 Å². The van der Waals surface area contributed by atoms with Crippen LogP contribution in [-0.4, -0.2) is 10.9 Å². The summed E-state index contributed by atoms with van der Waals surface area (Å²) in [6.45, 7) is 0. The van der Waals surface area contributed by atoms with Gasteiger partial charge in [0.2, 0.25) is 0 Å². The third-order valence-corrected chi connectivity index (χ3v) is 4.10. The number of carbonyl (C=O) groups excluding carboxylic acids is 1. The van der Waals surface area contributed by atoms with Crippen LogP contribution in [0, 0.1) is 0 Å². The van der Waals surface area contributed by atoms with Crippen molar-refractivity contribution in [3.05, 3.63) is 58.2 Å². The van der Waals surface area contributed by atoms with Gasteiger partial charge in [-0.2, -0.15) is 0 Å². The van der Waals surface area contributed by atoms with E-state index in [0.717, 1.165) is 19.3 Å². The van der Waals surface area contributed by atoms with Crippen LogP contribution in [-0.2, 0) is 6.42 Å². The lowest BCUT2D eigenvalue weighted by molar-refractivity contribution is 0.0933. The molecule has 4 nitrogen and oxygen atoms in total. The van der Waals surface area contributed by atoms with Gasteiger partial charge in [0, 0.05) is 6.20 Å². The molecule has 1 heterocycles. The van der Waals surface area contributed by atoms with E-state index in [-0.39, 0.29) is 17.8 Å². The Morgan fingerprint density at radius 2 is 2.19 bits per heavy atom. The molecule has 0 fully saturated rings. The van der Waals surface area contributed by atoms with E-state index in [1.54, 1.807) is 0 Å². The van der Waals surface area contributed by atoms with Gasteiger partial charge in [0.25, 0.3) is 5.91 Å². The fraction of sp³-hybridized carbons (Fsp3) is 0.250. The summed E-state index contributed by atoms with van der Waals surface area (Å²) in [6, 6.07) is 9.75. The van der Waals surface area contributed by atoms with Crippen molar-refractivity contribution in [2.24, 2.45) is 0 Å². The second kappa shape index (κ2) is 5.74. The molecule has 2 aromatic rings. The number of hydrogen-bond acceptors (Lipinski definition) is 3. The van der Waals surface area contributed by atoms with Crippen LogP contribution in [0.4, 0.5) is 5.82 Å². The summed E-state index contributed by atoms with van der Waals surface area (Å²) in [4.78, 5) is 16.3. The number of halogens is 1. The fourth-order valence-electron chi connectivity index (χ4n) is 2.77. The molecule has 0 spiro atoms. The highest BCUT2D eigenvalue weighted by molar-refractivity contribution is 6.33. The highest BCUT2D eigenvalue weighted by Gasteiger charge is 2.22. The van der Waals surface area contributed by atoms with Gasteiger partial charge >= 0.3 is 0 Å². The number of aryl methyl sites for hydroxylation is 1. The van der Waals surface area contributed by atoms with Gasteiger partial charge in [0.05, 0.1) is 16.6 Å². The second-order valence-corrected chi connectivity index (χ2v) is 5.61. The minimum atomic E-state index is -0.212. The normalized spacial score (nSPS) is 17.1. The van der Waals surface area contributed by atoms with Crippen molar-refractivity contribution >= 4 is 23.3 Å². The Morgan fingerprint density at radius 3 is 3.05 bits per heavy atom. The van der Waals surface area contributed by atoms with Crippen LogP contribution >= 0.6 is 11.6 Å². The predicted molar refractivity (Wildman–Crippen MR) is 83.2 cm³/mol. The van der Waals surface area contributed by atoms with E-state index in [2.05, 4.69) is 22.4 Å². The van der Waals surface area contributed by atoms with Crippen LogP contribution in [0.15, 0.2) is 36.5 Å². The molecule has 0 bridgehead atoms. The Morgan fingerprint density at radius 1 is 1.38 bits per heavy atom. The number of fused-ring (bicyclic) bond motifs is 1. The summed E-state index contributed by atoms with van der Waals surface area (Å²) in [5.74, 6) is 0.0735. The van der Waals surface area contributed by atoms with E-state index >= 15 is 0 Å². The maximum Gasteiger partial charge on any atom is 0.253 e. The number of aromatic nitrogens is 1. The second-order valence-electron chi connectivity index (χ2n) is 5.21. The molecule has 0 aliphatic heterocycles. The highest BCUT2D eigenvalue weighted by Crippen LogP contribution is 2.30. The molecule has 0 saturated carbocycles. The van der Waals surface area contributed by atoms with E-state index in [0.29, 0.717) is 10.6 Å². The quantitative estimate of drug-likeness (QED) is 0.895. The number of benzene rings is 1. The molecule has 5 heteroatoms. The molecule has 0 radical (unpaired) electrons. The van der Waals surface area contributed by atoms with Crippen molar-refractivity contribution in [1.82, 2.24) is 10.3 Å². The molecule has 1 unspecified atom stereocenters. The van der Waals surface area contributed by atoms with Crippen LogP contribution in [0.5, 0.6) is 0 Å². The topological polar surface area (TPSA) is 68.0 Å². The molecule has 21 heavy (non-hydrogen) atoms. The lowest BCUT2D eigenvalue weighted by Crippen LogP contribution is -2.31. The Kier molecular flexibility index (Phi) is 3.80. The number of amides is 1. The number of pyridine rings is 1. The van der Waals surface area contributed by atoms with Crippen molar-refractivity contribution in [1.29, 1.82) is 0 Å². The summed E-state index contributed by atoms with van der Waals surface area (Å²) in [5.41, 5.74) is 8.48. The number of anilines is 1. The average molecular weight is 302 g/mol. The van der Waals surface area contributed by atoms with E-state index in [4.69, 9.17) is 17.3 Å². The van der Waals surface area contributed by atoms with Gasteiger partial charge in [-0.3, -0.25) is 4.79 Å². The molecule has 0 saturated heterocycles. The number of nitrogens with one attached hydrogen (secondary N) is 1. The summed E-state index contributed by atoms with van der Waals surface area (Å²) in [7, 11) is 0. The standard InChI is InChI=1S/C16H16ClN3O/c17-13-9-19-15(18)8-12(13)16(21)20-14-7-3-5-10-4-1-2-6-11(10)14/h1-2,4,6,8-9,14H,3,5,7H2,(H2,18,19)(H,20,21). The molecule has 1 aliphatic rings. The smallest absolute Gasteiger partial charge is 0.253 e. The van der Waals surface area contributed by atoms with Gasteiger partial charge in [-0.25, -0.2) is 4.98 Å². The monoisotopic (exact) mass is 301 g/mol. The number of nitrogens with two attached hydrogens (primary N) is 1. The van der Waals surface area contributed by atoms with Crippen LogP contribution in [0.2, 0.25) is 5.02 Å². The molecule has 1 amide bonds. The first-order chi connectivity index (χ1) is 10.1. The van der Waals surface area contributed by atoms with Gasteiger partial charge in [0.15, 0.2) is 0 Å². The number of nitrogens with zero attached hydrogens (tertiary/aromatic N) is 1. The minimum absolute atomic E-state index is 0.0212. The zero-order valence-corrected chi connectivity index (χ0v) is 12.2. The van der Waals surface area contributed by atoms with E-state index < -0.39 is 0 Å². The first-order valence-corrected chi connectivity index (χ1v) is 7.32. The average Bonchev–Trinajstić information content (AvgIpc) is 2.50. The fourth-order valence-corrected chi connectivity index (χ4v) is 2.96. The number of rotatable bonds is 2. The van der Waals surface area contributed by atoms with Gasteiger partial charge in [-0.1, -0.05) is 35.9 Å². The van der Waals surface area contributed by atoms with Crippen LogP contribution in [0.25, 0.3) is 0 Å². The van der Waals surface area contributed by atoms with Gasteiger partial charge in [-0.15, -0.1) is 0 Å². The Hall–Kier alpha value is -2.07. The Labute approximate surface area is 128 Å². The molecular weight excluding hydrogens is 286 g/mol. The van der Waals surface area contributed by atoms with Crippen molar-refractivity contribution < 1.29 is 4.79 Å². The first kappa shape index (κ1) is 13.9. The van der Waals surface area contributed by atoms with E-state index in [1.807, 2.05) is 12.1 Å². The molecule has 3 rings (SSSR count). The lowest BCUT2D eigenvalue weighted by atomic mass is 9.87. The summed E-state index contributed by atoms with van der Waals surface area (Å²) in [5, 5.41) is 3.36. The molecular formula is C16H16ClN3O. The lowest BCUT2D eigenvalue weighted by Gasteiger charge is -2.26. The predicted octanol–water partition coefficient (Wildman–Crippen LogP) is 3.12. The largest absolute Gasteiger partial charge is 0.384 e. The van der Waals surface area contributed by atoms with Crippen LogP contribution < -0.4 is 11.1 Å². The Bertz CT molecular complexity index is 687. The summed E-state index contributed by atoms with van der Waals surface area (Å²) in [6.07, 6.45) is 4.46. The minimum Gasteiger partial charge on any atom is -0.384 e. The van der Waals surface area contributed by atoms with Crippen molar-refractivity contribution in [2.45, 2.75) is 25.3 Å². The highest BCUT2D eigenvalue weighted by atomic mass is 35.5. The van der Waals surface area contributed by atoms with Gasteiger partial charge in [-0.05, 0) is 36.5 Å². The van der Waals surface area contributed by atoms with Crippen LogP contribution in [0.1, 0.15) is 40.4 Å². The number of carbonyl (C=O) groups is 1. The number of hydrogen-bond donors (Lipinski definition) is 2. The molecule has 1 aromatic heterocycles. The molecule has 1 aromatic carbocycles. The van der Waals surface area contributed by atoms with Crippen molar-refractivity contribution in [2.75, 3.05) is 5.73 Å². The SMILES string of the molecule is Nc1cc(C(=O)NC2CCCc3ccccc32)c(Cl)cn1. The Balaban J connectivity index is 1.84. The first-order valence-electron chi connectivity index (χ1n) is 6.95. The van der Waals surface area contributed by atoms with E-state index in [9.17, 15) is 4.79 Å². The van der Waals surface area contributed by atoms with Crippen LogP contribution in [0.3, 0.4) is 0 Å². The molecule has 3 N–H and O–H groups in total. The summed E-state index contributed by atoms with van der Waals surface area (Å²) < 4.78 is 0. The zero-order valence-electron chi connectivity index (χ0n) is 11.5. The maximum absolute atomic E-state index is 12.4. The third-order valence-electron chi connectivity index (χ3n) is 3.80. The summed E-state index contributed by atoms with van der Waals surface area (Å²) >= 11 is 6.03. The zero-order chi connectivity index (χ0) is 14.8. The van der Waals surface area contributed by atoms with E-state index in [1.165, 1.54) is 23.4 Å². The van der Waals surface area contributed by atoms with Crippen molar-refractivity contribution in [3.63, 3.8) is 0 Å². The number of nitrogen functional groups attached to an aromatic ring is 1.